The van der Waals surface area contributed by atoms with E-state index in [-0.39, 0.29) is 10.6 Å². The predicted molar refractivity (Wildman–Crippen MR) is 99.1 cm³/mol. The summed E-state index contributed by atoms with van der Waals surface area (Å²) in [5.74, 6) is 0. The van der Waals surface area contributed by atoms with Crippen LogP contribution in [0.5, 0.6) is 0 Å². The number of halogens is 1. The second-order valence-corrected chi connectivity index (χ2v) is 7.19. The second-order valence-electron chi connectivity index (χ2n) is 5.20. The molecule has 0 aliphatic heterocycles. The van der Waals surface area contributed by atoms with E-state index in [1.165, 1.54) is 4.70 Å². The molecule has 0 atom stereocenters. The van der Waals surface area contributed by atoms with Crippen LogP contribution < -0.4 is 0 Å². The summed E-state index contributed by atoms with van der Waals surface area (Å²) >= 11 is 5.13. The van der Waals surface area contributed by atoms with E-state index < -0.39 is 0 Å². The van der Waals surface area contributed by atoms with Gasteiger partial charge in [-0.2, -0.15) is 0 Å². The normalized spacial score (nSPS) is 11.2. The lowest BCUT2D eigenvalue weighted by Gasteiger charge is -2.06. The number of hydrogen-bond donors (Lipinski definition) is 0. The minimum Gasteiger partial charge on any atom is -0.258 e. The van der Waals surface area contributed by atoms with Crippen molar-refractivity contribution in [1.29, 1.82) is 0 Å². The molecule has 3 nitrogen and oxygen atoms in total. The Morgan fingerprint density at radius 2 is 1.70 bits per heavy atom. The topological polar surface area (TPSA) is 43.1 Å². The molecule has 0 aliphatic carbocycles. The summed E-state index contributed by atoms with van der Waals surface area (Å²) in [6.07, 6.45) is 0. The smallest absolute Gasteiger partial charge is 0.258 e. The van der Waals surface area contributed by atoms with Crippen LogP contribution in [0.25, 0.3) is 31.3 Å². The molecule has 112 valence electrons. The van der Waals surface area contributed by atoms with Crippen molar-refractivity contribution in [3.8, 4) is 11.1 Å². The van der Waals surface area contributed by atoms with Gasteiger partial charge in [0.05, 0.1) is 10.5 Å². The third kappa shape index (κ3) is 2.33. The lowest BCUT2D eigenvalue weighted by molar-refractivity contribution is -0.384. The number of nitrogens with zero attached hydrogens (tertiary/aromatic N) is 1. The monoisotopic (exact) mass is 383 g/mol. The predicted octanol–water partition coefficient (Wildman–Crippen LogP) is 6.39. The van der Waals surface area contributed by atoms with Crippen molar-refractivity contribution in [1.82, 2.24) is 0 Å². The summed E-state index contributed by atoms with van der Waals surface area (Å²) in [4.78, 5) is 11.1. The van der Waals surface area contributed by atoms with E-state index in [0.29, 0.717) is 5.56 Å². The van der Waals surface area contributed by atoms with Crippen LogP contribution in [0, 0.1) is 10.1 Å². The van der Waals surface area contributed by atoms with Crippen LogP contribution in [0.15, 0.2) is 65.1 Å². The lowest BCUT2D eigenvalue weighted by Crippen LogP contribution is -1.92. The van der Waals surface area contributed by atoms with E-state index in [1.807, 2.05) is 30.3 Å². The molecule has 0 saturated heterocycles. The number of nitro benzene ring substituents is 1. The van der Waals surface area contributed by atoms with Crippen LogP contribution in [0.1, 0.15) is 0 Å². The van der Waals surface area contributed by atoms with E-state index in [9.17, 15) is 10.1 Å². The van der Waals surface area contributed by atoms with E-state index in [1.54, 1.807) is 23.5 Å². The van der Waals surface area contributed by atoms with Gasteiger partial charge in [0.15, 0.2) is 0 Å². The van der Waals surface area contributed by atoms with Crippen molar-refractivity contribution in [2.45, 2.75) is 0 Å². The van der Waals surface area contributed by atoms with Crippen molar-refractivity contribution < 1.29 is 4.92 Å². The first-order chi connectivity index (χ1) is 11.1. The van der Waals surface area contributed by atoms with Crippen LogP contribution in [0.3, 0.4) is 0 Å². The van der Waals surface area contributed by atoms with Crippen molar-refractivity contribution in [3.05, 3.63) is 75.3 Å². The Morgan fingerprint density at radius 1 is 0.913 bits per heavy atom. The average molecular weight is 384 g/mol. The van der Waals surface area contributed by atoms with Gasteiger partial charge in [0.1, 0.15) is 0 Å². The molecule has 23 heavy (non-hydrogen) atoms. The van der Waals surface area contributed by atoms with Gasteiger partial charge < -0.3 is 0 Å². The van der Waals surface area contributed by atoms with Crippen molar-refractivity contribution in [3.63, 3.8) is 0 Å². The summed E-state index contributed by atoms with van der Waals surface area (Å²) in [7, 11) is 0. The highest BCUT2D eigenvalue weighted by molar-refractivity contribution is 9.10. The van der Waals surface area contributed by atoms with E-state index in [2.05, 4.69) is 34.1 Å². The Bertz CT molecular complexity index is 1070. The van der Waals surface area contributed by atoms with Crippen LogP contribution in [0.4, 0.5) is 5.69 Å². The molecular formula is C18H10BrNO2S. The molecule has 0 radical (unpaired) electrons. The second kappa shape index (κ2) is 5.44. The molecule has 0 bridgehead atoms. The van der Waals surface area contributed by atoms with Gasteiger partial charge in [-0.25, -0.2) is 0 Å². The molecule has 5 heteroatoms. The van der Waals surface area contributed by atoms with Gasteiger partial charge in [-0.1, -0.05) is 46.3 Å². The standard InChI is InChI=1S/C18H10BrNO2S/c19-11-8-9-15(20(21)22)14(10-11)12-5-3-7-17-18(12)13-4-1-2-6-16(13)23-17/h1-10H. The highest BCUT2D eigenvalue weighted by Crippen LogP contribution is 2.42. The number of hydrogen-bond acceptors (Lipinski definition) is 3. The molecule has 3 aromatic carbocycles. The maximum absolute atomic E-state index is 11.4. The Hall–Kier alpha value is -2.24. The molecule has 0 aliphatic rings. The molecule has 4 rings (SSSR count). The van der Waals surface area contributed by atoms with Crippen molar-refractivity contribution in [2.75, 3.05) is 0 Å². The van der Waals surface area contributed by atoms with Gasteiger partial charge in [0.25, 0.3) is 5.69 Å². The molecule has 1 aromatic heterocycles. The molecule has 0 fully saturated rings. The van der Waals surface area contributed by atoms with Crippen molar-refractivity contribution >= 4 is 53.1 Å². The lowest BCUT2D eigenvalue weighted by atomic mass is 9.98. The molecule has 0 saturated carbocycles. The first kappa shape index (κ1) is 14.4. The van der Waals surface area contributed by atoms with Crippen LogP contribution in [0.2, 0.25) is 0 Å². The van der Waals surface area contributed by atoms with E-state index in [4.69, 9.17) is 0 Å². The van der Waals surface area contributed by atoms with E-state index in [0.717, 1.165) is 25.5 Å². The number of nitro groups is 1. The Balaban J connectivity index is 2.15. The Morgan fingerprint density at radius 3 is 2.52 bits per heavy atom. The largest absolute Gasteiger partial charge is 0.277 e. The van der Waals surface area contributed by atoms with Gasteiger partial charge in [0.2, 0.25) is 0 Å². The minimum absolute atomic E-state index is 0.121. The molecule has 0 N–H and O–H groups in total. The zero-order valence-corrected chi connectivity index (χ0v) is 14.2. The number of fused-ring (bicyclic) bond motifs is 3. The summed E-state index contributed by atoms with van der Waals surface area (Å²) in [5.41, 5.74) is 1.66. The van der Waals surface area contributed by atoms with Crippen LogP contribution >= 0.6 is 27.3 Å². The average Bonchev–Trinajstić information content (AvgIpc) is 2.93. The SMILES string of the molecule is O=[N+]([O-])c1ccc(Br)cc1-c1cccc2sc3ccccc3c12. The Kier molecular flexibility index (Phi) is 3.39. The fourth-order valence-electron chi connectivity index (χ4n) is 2.88. The maximum atomic E-state index is 11.4. The highest BCUT2D eigenvalue weighted by Gasteiger charge is 2.19. The highest BCUT2D eigenvalue weighted by atomic mass is 79.9. The van der Waals surface area contributed by atoms with Gasteiger partial charge in [-0.05, 0) is 29.8 Å². The molecular weight excluding hydrogens is 374 g/mol. The summed E-state index contributed by atoms with van der Waals surface area (Å²) in [6.45, 7) is 0. The number of benzene rings is 3. The van der Waals surface area contributed by atoms with E-state index >= 15 is 0 Å². The maximum Gasteiger partial charge on any atom is 0.277 e. The van der Waals surface area contributed by atoms with Crippen molar-refractivity contribution in [2.24, 2.45) is 0 Å². The summed E-state index contributed by atoms with van der Waals surface area (Å²) in [6, 6.07) is 19.2. The Labute approximate surface area is 144 Å². The fraction of sp³-hybridized carbons (Fsp3) is 0. The minimum atomic E-state index is -0.324. The molecule has 0 amide bonds. The fourth-order valence-corrected chi connectivity index (χ4v) is 4.38. The quantitative estimate of drug-likeness (QED) is 0.297. The zero-order chi connectivity index (χ0) is 16.0. The molecule has 0 unspecified atom stereocenters. The van der Waals surface area contributed by atoms with Crippen LogP contribution in [-0.4, -0.2) is 4.92 Å². The van der Waals surface area contributed by atoms with Gasteiger partial charge in [0, 0.05) is 30.7 Å². The first-order valence-electron chi connectivity index (χ1n) is 7.00. The third-order valence-electron chi connectivity index (χ3n) is 3.85. The summed E-state index contributed by atoms with van der Waals surface area (Å²) < 4.78 is 3.15. The van der Waals surface area contributed by atoms with Gasteiger partial charge in [-0.3, -0.25) is 10.1 Å². The number of rotatable bonds is 2. The molecule has 1 heterocycles. The van der Waals surface area contributed by atoms with Gasteiger partial charge in [-0.15, -0.1) is 11.3 Å². The van der Waals surface area contributed by atoms with Crippen LogP contribution in [-0.2, 0) is 0 Å². The molecule has 0 spiro atoms. The number of thiophene rings is 1. The third-order valence-corrected chi connectivity index (χ3v) is 5.48. The zero-order valence-electron chi connectivity index (χ0n) is 11.8. The summed E-state index contributed by atoms with van der Waals surface area (Å²) in [5, 5.41) is 13.7. The first-order valence-corrected chi connectivity index (χ1v) is 8.60. The van der Waals surface area contributed by atoms with Gasteiger partial charge >= 0.3 is 0 Å². The molecule has 4 aromatic rings.